The zero-order chi connectivity index (χ0) is 12.5. The predicted molar refractivity (Wildman–Crippen MR) is 77.1 cm³/mol. The Morgan fingerprint density at radius 3 is 3.06 bits per heavy atom. The molecule has 2 fully saturated rings. The van der Waals surface area contributed by atoms with E-state index in [4.69, 9.17) is 4.98 Å². The zero-order valence-electron chi connectivity index (χ0n) is 11.4. The summed E-state index contributed by atoms with van der Waals surface area (Å²) in [4.78, 5) is 7.34. The van der Waals surface area contributed by atoms with Crippen molar-refractivity contribution in [3.8, 4) is 0 Å². The molecule has 2 aliphatic rings. The minimum atomic E-state index is 0.706. The molecule has 2 bridgehead atoms. The van der Waals surface area contributed by atoms with Crippen LogP contribution in [0.25, 0.3) is 0 Å². The molecule has 18 heavy (non-hydrogen) atoms. The molecule has 1 saturated heterocycles. The van der Waals surface area contributed by atoms with Gasteiger partial charge in [0, 0.05) is 24.5 Å². The van der Waals surface area contributed by atoms with Crippen LogP contribution < -0.4 is 10.2 Å². The maximum absolute atomic E-state index is 4.79. The monoisotopic (exact) mass is 265 g/mol. The minimum absolute atomic E-state index is 0.706. The molecule has 2 heterocycles. The first kappa shape index (κ1) is 12.4. The van der Waals surface area contributed by atoms with Gasteiger partial charge in [-0.05, 0) is 37.6 Å². The van der Waals surface area contributed by atoms with Gasteiger partial charge in [-0.15, -0.1) is 11.3 Å². The molecule has 0 amide bonds. The number of nitrogens with zero attached hydrogens (tertiary/aromatic N) is 2. The van der Waals surface area contributed by atoms with E-state index in [1.165, 1.54) is 36.6 Å². The van der Waals surface area contributed by atoms with Gasteiger partial charge in [-0.3, -0.25) is 0 Å². The molecule has 1 aliphatic heterocycles. The summed E-state index contributed by atoms with van der Waals surface area (Å²) in [5.41, 5.74) is 1.21. The number of nitrogens with one attached hydrogen (secondary N) is 1. The Morgan fingerprint density at radius 2 is 2.39 bits per heavy atom. The maximum atomic E-state index is 4.79. The Hall–Kier alpha value is -0.610. The fraction of sp³-hybridized carbons (Fsp3) is 0.786. The summed E-state index contributed by atoms with van der Waals surface area (Å²) in [5.74, 6) is 1.65. The van der Waals surface area contributed by atoms with Crippen LogP contribution in [-0.4, -0.2) is 24.1 Å². The number of hydrogen-bond acceptors (Lipinski definition) is 4. The summed E-state index contributed by atoms with van der Waals surface area (Å²) in [7, 11) is 0. The molecule has 1 aliphatic carbocycles. The van der Waals surface area contributed by atoms with Gasteiger partial charge in [0.2, 0.25) is 0 Å². The third-order valence-corrected chi connectivity index (χ3v) is 4.98. The number of anilines is 1. The molecule has 0 aromatic carbocycles. The number of hydrogen-bond donors (Lipinski definition) is 1. The van der Waals surface area contributed by atoms with E-state index in [1.807, 2.05) is 11.3 Å². The van der Waals surface area contributed by atoms with Crippen molar-refractivity contribution in [2.75, 3.05) is 18.0 Å². The van der Waals surface area contributed by atoms with E-state index in [2.05, 4.69) is 29.4 Å². The van der Waals surface area contributed by atoms with Crippen molar-refractivity contribution in [1.29, 1.82) is 0 Å². The first-order valence-corrected chi connectivity index (χ1v) is 8.02. The molecule has 3 nitrogen and oxygen atoms in total. The van der Waals surface area contributed by atoms with Gasteiger partial charge in [-0.25, -0.2) is 4.98 Å². The van der Waals surface area contributed by atoms with Crippen LogP contribution in [0.15, 0.2) is 5.38 Å². The van der Waals surface area contributed by atoms with E-state index in [0.717, 1.165) is 25.0 Å². The smallest absolute Gasteiger partial charge is 0.185 e. The minimum Gasteiger partial charge on any atom is -0.345 e. The summed E-state index contributed by atoms with van der Waals surface area (Å²) in [5, 5.41) is 6.93. The Labute approximate surface area is 114 Å². The third kappa shape index (κ3) is 2.54. The van der Waals surface area contributed by atoms with Crippen molar-refractivity contribution in [3.63, 3.8) is 0 Å². The molecule has 1 aromatic heterocycles. The van der Waals surface area contributed by atoms with Gasteiger partial charge in [0.1, 0.15) is 0 Å². The van der Waals surface area contributed by atoms with E-state index >= 15 is 0 Å². The van der Waals surface area contributed by atoms with Crippen LogP contribution in [0.3, 0.4) is 0 Å². The number of fused-ring (bicyclic) bond motifs is 2. The predicted octanol–water partition coefficient (Wildman–Crippen LogP) is 2.88. The van der Waals surface area contributed by atoms with E-state index in [1.54, 1.807) is 0 Å². The molecular weight excluding hydrogens is 242 g/mol. The molecule has 2 unspecified atom stereocenters. The lowest BCUT2D eigenvalue weighted by Gasteiger charge is -2.26. The fourth-order valence-electron chi connectivity index (χ4n) is 3.16. The largest absolute Gasteiger partial charge is 0.345 e. The lowest BCUT2D eigenvalue weighted by Crippen LogP contribution is -2.31. The molecule has 1 aromatic rings. The molecule has 4 heteroatoms. The normalized spacial score (nSPS) is 26.5. The quantitative estimate of drug-likeness (QED) is 0.887. The Balaban J connectivity index is 1.56. The van der Waals surface area contributed by atoms with Crippen LogP contribution in [0.1, 0.15) is 38.8 Å². The van der Waals surface area contributed by atoms with Gasteiger partial charge >= 0.3 is 0 Å². The first-order valence-electron chi connectivity index (χ1n) is 7.14. The molecule has 1 saturated carbocycles. The van der Waals surface area contributed by atoms with Crippen molar-refractivity contribution in [3.05, 3.63) is 11.1 Å². The Bertz CT molecular complexity index is 401. The first-order chi connectivity index (χ1) is 8.72. The van der Waals surface area contributed by atoms with Crippen molar-refractivity contribution in [2.45, 2.75) is 45.7 Å². The summed E-state index contributed by atoms with van der Waals surface area (Å²) in [6.07, 6.45) is 4.22. The van der Waals surface area contributed by atoms with Gasteiger partial charge in [0.15, 0.2) is 5.13 Å². The SMILES string of the molecule is CC(C)CNCc1csc(N2CC3CCC2C3)n1. The average molecular weight is 265 g/mol. The molecule has 100 valence electrons. The second-order valence-corrected chi connectivity index (χ2v) is 6.97. The van der Waals surface area contributed by atoms with Gasteiger partial charge in [-0.2, -0.15) is 0 Å². The summed E-state index contributed by atoms with van der Waals surface area (Å²) < 4.78 is 0. The zero-order valence-corrected chi connectivity index (χ0v) is 12.2. The molecule has 0 radical (unpaired) electrons. The van der Waals surface area contributed by atoms with Crippen molar-refractivity contribution in [1.82, 2.24) is 10.3 Å². The second kappa shape index (κ2) is 5.17. The summed E-state index contributed by atoms with van der Waals surface area (Å²) in [6, 6.07) is 0.789. The molecule has 1 N–H and O–H groups in total. The highest BCUT2D eigenvalue weighted by Gasteiger charge is 2.38. The van der Waals surface area contributed by atoms with Crippen LogP contribution in [0, 0.1) is 11.8 Å². The summed E-state index contributed by atoms with van der Waals surface area (Å²) >= 11 is 1.82. The highest BCUT2D eigenvalue weighted by Crippen LogP contribution is 2.40. The lowest BCUT2D eigenvalue weighted by atomic mass is 10.1. The number of thiazole rings is 1. The van der Waals surface area contributed by atoms with Crippen LogP contribution in [0.4, 0.5) is 5.13 Å². The van der Waals surface area contributed by atoms with Crippen molar-refractivity contribution >= 4 is 16.5 Å². The van der Waals surface area contributed by atoms with E-state index in [-0.39, 0.29) is 0 Å². The fourth-order valence-corrected chi connectivity index (χ4v) is 4.06. The van der Waals surface area contributed by atoms with Crippen molar-refractivity contribution in [2.24, 2.45) is 11.8 Å². The van der Waals surface area contributed by atoms with Crippen LogP contribution in [0.5, 0.6) is 0 Å². The third-order valence-electron chi connectivity index (χ3n) is 4.05. The number of piperidine rings is 1. The van der Waals surface area contributed by atoms with E-state index < -0.39 is 0 Å². The Morgan fingerprint density at radius 1 is 1.50 bits per heavy atom. The highest BCUT2D eigenvalue weighted by atomic mass is 32.1. The highest BCUT2D eigenvalue weighted by molar-refractivity contribution is 7.13. The van der Waals surface area contributed by atoms with Crippen LogP contribution in [0.2, 0.25) is 0 Å². The average Bonchev–Trinajstić information content (AvgIpc) is 3.03. The molecule has 2 atom stereocenters. The van der Waals surface area contributed by atoms with Crippen LogP contribution >= 0.6 is 11.3 Å². The van der Waals surface area contributed by atoms with Gasteiger partial charge in [-0.1, -0.05) is 13.8 Å². The Kier molecular flexibility index (Phi) is 3.57. The van der Waals surface area contributed by atoms with Gasteiger partial charge < -0.3 is 10.2 Å². The standard InChI is InChI=1S/C14H23N3S/c1-10(2)6-15-7-12-9-18-14(16-12)17-8-11-3-4-13(17)5-11/h9-11,13,15H,3-8H2,1-2H3. The summed E-state index contributed by atoms with van der Waals surface area (Å²) in [6.45, 7) is 7.70. The van der Waals surface area contributed by atoms with Crippen LogP contribution in [-0.2, 0) is 6.54 Å². The van der Waals surface area contributed by atoms with E-state index in [9.17, 15) is 0 Å². The van der Waals surface area contributed by atoms with Crippen molar-refractivity contribution < 1.29 is 0 Å². The van der Waals surface area contributed by atoms with Gasteiger partial charge in [0.25, 0.3) is 0 Å². The molecule has 0 spiro atoms. The lowest BCUT2D eigenvalue weighted by molar-refractivity contribution is 0.545. The molecule has 3 rings (SSSR count). The van der Waals surface area contributed by atoms with Gasteiger partial charge in [0.05, 0.1) is 5.69 Å². The second-order valence-electron chi connectivity index (χ2n) is 6.13. The topological polar surface area (TPSA) is 28.2 Å². The maximum Gasteiger partial charge on any atom is 0.185 e. The van der Waals surface area contributed by atoms with E-state index in [0.29, 0.717) is 5.92 Å². The number of rotatable bonds is 5. The molecular formula is C14H23N3S. The number of aromatic nitrogens is 1.